The third-order valence-corrected chi connectivity index (χ3v) is 3.14. The molecule has 3 nitrogen and oxygen atoms in total. The van der Waals surface area contributed by atoms with E-state index in [4.69, 9.17) is 5.73 Å². The quantitative estimate of drug-likeness (QED) is 0.837. The maximum absolute atomic E-state index is 13.2. The summed E-state index contributed by atoms with van der Waals surface area (Å²) in [5, 5.41) is 0. The zero-order chi connectivity index (χ0) is 11.9. The number of sulfone groups is 1. The summed E-state index contributed by atoms with van der Waals surface area (Å²) in [4.78, 5) is -0.0453. The predicted octanol–water partition coefficient (Wildman–Crippen LogP) is 1.42. The number of rotatable bonds is 2. The van der Waals surface area contributed by atoms with Crippen LogP contribution in [0.3, 0.4) is 0 Å². The van der Waals surface area contributed by atoms with E-state index in [1.807, 2.05) is 0 Å². The van der Waals surface area contributed by atoms with Crippen molar-refractivity contribution < 1.29 is 12.8 Å². The number of hydrogen-bond acceptors (Lipinski definition) is 3. The first-order valence-electron chi connectivity index (χ1n) is 4.41. The molecule has 0 atom stereocenters. The highest BCUT2D eigenvalue weighted by atomic mass is 32.2. The molecule has 0 saturated heterocycles. The Morgan fingerprint density at radius 2 is 1.80 bits per heavy atom. The topological polar surface area (TPSA) is 60.2 Å². The summed E-state index contributed by atoms with van der Waals surface area (Å²) >= 11 is 0. The molecule has 5 heteroatoms. The second kappa shape index (κ2) is 3.57. The molecule has 0 fully saturated rings. The molecule has 0 heterocycles. The van der Waals surface area contributed by atoms with Crippen molar-refractivity contribution in [1.29, 1.82) is 0 Å². The summed E-state index contributed by atoms with van der Waals surface area (Å²) in [7, 11) is -3.40. The van der Waals surface area contributed by atoms with Gasteiger partial charge in [-0.25, -0.2) is 12.8 Å². The van der Waals surface area contributed by atoms with Crippen LogP contribution in [0, 0.1) is 5.82 Å². The third-order valence-electron chi connectivity index (χ3n) is 2.04. The van der Waals surface area contributed by atoms with Crippen molar-refractivity contribution in [1.82, 2.24) is 0 Å². The van der Waals surface area contributed by atoms with Gasteiger partial charge in [0.15, 0.2) is 9.84 Å². The van der Waals surface area contributed by atoms with Gasteiger partial charge in [-0.1, -0.05) is 0 Å². The van der Waals surface area contributed by atoms with Crippen LogP contribution in [0.4, 0.5) is 4.39 Å². The number of halogens is 1. The maximum Gasteiger partial charge on any atom is 0.175 e. The van der Waals surface area contributed by atoms with E-state index < -0.39 is 21.2 Å². The Kier molecular flexibility index (Phi) is 2.89. The Morgan fingerprint density at radius 3 is 2.20 bits per heavy atom. The van der Waals surface area contributed by atoms with E-state index >= 15 is 0 Å². The van der Waals surface area contributed by atoms with Gasteiger partial charge < -0.3 is 5.73 Å². The molecule has 15 heavy (non-hydrogen) atoms. The maximum atomic E-state index is 13.2. The smallest absolute Gasteiger partial charge is 0.175 e. The molecule has 0 amide bonds. The van der Waals surface area contributed by atoms with Gasteiger partial charge in [-0.05, 0) is 37.6 Å². The van der Waals surface area contributed by atoms with Crippen molar-refractivity contribution in [3.8, 4) is 0 Å². The molecule has 0 bridgehead atoms. The third kappa shape index (κ3) is 3.00. The fourth-order valence-electron chi connectivity index (χ4n) is 1.15. The average Bonchev–Trinajstić information content (AvgIpc) is 1.99. The summed E-state index contributed by atoms with van der Waals surface area (Å²) in [6, 6.07) is 3.64. The lowest BCUT2D eigenvalue weighted by Gasteiger charge is -2.19. The van der Waals surface area contributed by atoms with Crippen LogP contribution in [0.1, 0.15) is 19.4 Å². The standard InChI is InChI=1S/C10H14FNO2S/c1-10(2,12)7-4-8(11)6-9(5-7)15(3,13)14/h4-6H,12H2,1-3H3. The van der Waals surface area contributed by atoms with E-state index in [0.29, 0.717) is 5.56 Å². The van der Waals surface area contributed by atoms with Gasteiger partial charge in [0.25, 0.3) is 0 Å². The Hall–Kier alpha value is -0.940. The molecule has 0 aliphatic heterocycles. The Labute approximate surface area is 89.0 Å². The van der Waals surface area contributed by atoms with E-state index in [1.54, 1.807) is 13.8 Å². The Balaban J connectivity index is 3.43. The van der Waals surface area contributed by atoms with Crippen molar-refractivity contribution in [3.63, 3.8) is 0 Å². The van der Waals surface area contributed by atoms with Crippen LogP contribution >= 0.6 is 0 Å². The van der Waals surface area contributed by atoms with Crippen LogP contribution in [-0.2, 0) is 15.4 Å². The second-order valence-corrected chi connectivity index (χ2v) is 6.19. The van der Waals surface area contributed by atoms with Gasteiger partial charge >= 0.3 is 0 Å². The Morgan fingerprint density at radius 1 is 1.27 bits per heavy atom. The van der Waals surface area contributed by atoms with Crippen LogP contribution in [0.15, 0.2) is 23.1 Å². The van der Waals surface area contributed by atoms with E-state index in [9.17, 15) is 12.8 Å². The van der Waals surface area contributed by atoms with E-state index in [-0.39, 0.29) is 4.90 Å². The van der Waals surface area contributed by atoms with E-state index in [2.05, 4.69) is 0 Å². The van der Waals surface area contributed by atoms with E-state index in [1.165, 1.54) is 12.1 Å². The minimum Gasteiger partial charge on any atom is -0.322 e. The molecule has 0 radical (unpaired) electrons. The molecule has 0 aliphatic carbocycles. The highest BCUT2D eigenvalue weighted by molar-refractivity contribution is 7.90. The van der Waals surface area contributed by atoms with Gasteiger partial charge in [-0.3, -0.25) is 0 Å². The van der Waals surface area contributed by atoms with Crippen molar-refractivity contribution in [2.45, 2.75) is 24.3 Å². The van der Waals surface area contributed by atoms with Gasteiger partial charge in [0.1, 0.15) is 5.82 Å². The minimum atomic E-state index is -3.40. The Bertz CT molecular complexity index is 475. The monoisotopic (exact) mass is 231 g/mol. The van der Waals surface area contributed by atoms with Crippen LogP contribution in [-0.4, -0.2) is 14.7 Å². The van der Waals surface area contributed by atoms with E-state index in [0.717, 1.165) is 12.3 Å². The first-order chi connectivity index (χ1) is 6.60. The molecule has 84 valence electrons. The molecule has 0 unspecified atom stereocenters. The summed E-state index contributed by atoms with van der Waals surface area (Å²) in [5.41, 5.74) is 5.48. The van der Waals surface area contributed by atoms with Crippen molar-refractivity contribution in [3.05, 3.63) is 29.6 Å². The first-order valence-corrected chi connectivity index (χ1v) is 6.30. The fraction of sp³-hybridized carbons (Fsp3) is 0.400. The first kappa shape index (κ1) is 12.1. The largest absolute Gasteiger partial charge is 0.322 e. The highest BCUT2D eigenvalue weighted by Crippen LogP contribution is 2.22. The normalized spacial score (nSPS) is 12.9. The molecule has 0 aliphatic rings. The predicted molar refractivity (Wildman–Crippen MR) is 56.7 cm³/mol. The lowest BCUT2D eigenvalue weighted by Crippen LogP contribution is -2.29. The molecule has 0 saturated carbocycles. The number of hydrogen-bond donors (Lipinski definition) is 1. The lowest BCUT2D eigenvalue weighted by atomic mass is 9.96. The highest BCUT2D eigenvalue weighted by Gasteiger charge is 2.18. The average molecular weight is 231 g/mol. The second-order valence-electron chi connectivity index (χ2n) is 4.17. The fourth-order valence-corrected chi connectivity index (χ4v) is 1.82. The molecule has 2 N–H and O–H groups in total. The lowest BCUT2D eigenvalue weighted by molar-refractivity contribution is 0.539. The van der Waals surface area contributed by atoms with Crippen molar-refractivity contribution >= 4 is 9.84 Å². The van der Waals surface area contributed by atoms with Gasteiger partial charge in [-0.15, -0.1) is 0 Å². The molecule has 1 rings (SSSR count). The van der Waals surface area contributed by atoms with Gasteiger partial charge in [0, 0.05) is 11.8 Å². The van der Waals surface area contributed by atoms with Crippen molar-refractivity contribution in [2.75, 3.05) is 6.26 Å². The van der Waals surface area contributed by atoms with Crippen LogP contribution in [0.2, 0.25) is 0 Å². The zero-order valence-corrected chi connectivity index (χ0v) is 9.73. The summed E-state index contributed by atoms with van der Waals surface area (Å²) in [6.45, 7) is 3.38. The van der Waals surface area contributed by atoms with Crippen LogP contribution in [0.5, 0.6) is 0 Å². The summed E-state index contributed by atoms with van der Waals surface area (Å²) in [6.07, 6.45) is 1.04. The van der Waals surface area contributed by atoms with Crippen LogP contribution in [0.25, 0.3) is 0 Å². The van der Waals surface area contributed by atoms with Gasteiger partial charge in [0.05, 0.1) is 4.90 Å². The van der Waals surface area contributed by atoms with Crippen molar-refractivity contribution in [2.24, 2.45) is 5.73 Å². The SMILES string of the molecule is CC(C)(N)c1cc(F)cc(S(C)(=O)=O)c1. The molecular weight excluding hydrogens is 217 g/mol. The molecule has 1 aromatic rings. The van der Waals surface area contributed by atoms with Gasteiger partial charge in [0.2, 0.25) is 0 Å². The molecule has 0 aromatic heterocycles. The number of benzene rings is 1. The van der Waals surface area contributed by atoms with Crippen LogP contribution < -0.4 is 5.73 Å². The summed E-state index contributed by atoms with van der Waals surface area (Å²) < 4.78 is 35.7. The number of nitrogens with two attached hydrogens (primary N) is 1. The minimum absolute atomic E-state index is 0.0453. The molecule has 0 spiro atoms. The molecular formula is C10H14FNO2S. The summed E-state index contributed by atoms with van der Waals surface area (Å²) in [5.74, 6) is -0.591. The van der Waals surface area contributed by atoms with Gasteiger partial charge in [-0.2, -0.15) is 0 Å². The molecule has 1 aromatic carbocycles. The zero-order valence-electron chi connectivity index (χ0n) is 8.91.